The Balaban J connectivity index is 3.34. The molecular weight excluding hydrogens is 278 g/mol. The topological polar surface area (TPSA) is 128 Å². The van der Waals surface area contributed by atoms with Crippen LogP contribution in [0, 0.1) is 21.4 Å². The molecule has 1 aromatic carbocycles. The second-order valence-corrected chi connectivity index (χ2v) is 4.15. The minimum absolute atomic E-state index is 0.0615. The van der Waals surface area contributed by atoms with Crippen LogP contribution in [0.15, 0.2) is 17.7 Å². The summed E-state index contributed by atoms with van der Waals surface area (Å²) in [5.74, 6) is -2.12. The van der Waals surface area contributed by atoms with Gasteiger partial charge in [0.2, 0.25) is 5.75 Å². The van der Waals surface area contributed by atoms with Gasteiger partial charge in [-0.3, -0.25) is 14.9 Å². The highest BCUT2D eigenvalue weighted by Crippen LogP contribution is 2.36. The zero-order valence-electron chi connectivity index (χ0n) is 11.4. The summed E-state index contributed by atoms with van der Waals surface area (Å²) < 4.78 is 0. The van der Waals surface area contributed by atoms with Gasteiger partial charge in [0.25, 0.3) is 5.91 Å². The fourth-order valence-corrected chi connectivity index (χ4v) is 1.51. The summed E-state index contributed by atoms with van der Waals surface area (Å²) in [5.41, 5.74) is -0.889. The number of nitriles is 1. The van der Waals surface area contributed by atoms with Gasteiger partial charge in [0.15, 0.2) is 5.75 Å². The smallest absolute Gasteiger partial charge is 0.315 e. The van der Waals surface area contributed by atoms with Crippen molar-refractivity contribution in [2.45, 2.75) is 6.92 Å². The van der Waals surface area contributed by atoms with Crippen LogP contribution in [0.2, 0.25) is 0 Å². The molecule has 0 aliphatic heterocycles. The number of hydrogen-bond acceptors (Lipinski definition) is 6. The van der Waals surface area contributed by atoms with Gasteiger partial charge in [-0.25, -0.2) is 0 Å². The highest BCUT2D eigenvalue weighted by Gasteiger charge is 2.19. The number of aromatic hydroxyl groups is 2. The number of nitrogens with zero attached hydrogens (tertiary/aromatic N) is 3. The third kappa shape index (κ3) is 3.48. The van der Waals surface area contributed by atoms with E-state index in [-0.39, 0.29) is 11.1 Å². The maximum Gasteiger partial charge on any atom is 0.315 e. The first kappa shape index (κ1) is 16.0. The Kier molecular flexibility index (Phi) is 4.86. The highest BCUT2D eigenvalue weighted by atomic mass is 16.6. The average Bonchev–Trinajstić information content (AvgIpc) is 2.46. The molecule has 0 saturated heterocycles. The molecule has 0 radical (unpaired) electrons. The van der Waals surface area contributed by atoms with Crippen molar-refractivity contribution < 1.29 is 19.9 Å². The van der Waals surface area contributed by atoms with Crippen molar-refractivity contribution in [3.63, 3.8) is 0 Å². The standard InChI is InChI=1S/C13H13N3O5/c1-3-15(2)13(19)9(7-14)4-8-5-10(16(20)21)12(18)11(17)6-8/h4-6,17-18H,3H2,1-2H3. The Morgan fingerprint density at radius 3 is 2.62 bits per heavy atom. The van der Waals surface area contributed by atoms with Gasteiger partial charge in [-0.15, -0.1) is 0 Å². The maximum absolute atomic E-state index is 11.9. The maximum atomic E-state index is 11.9. The van der Waals surface area contributed by atoms with E-state index in [1.54, 1.807) is 13.0 Å². The lowest BCUT2D eigenvalue weighted by molar-refractivity contribution is -0.386. The fourth-order valence-electron chi connectivity index (χ4n) is 1.51. The molecule has 0 spiro atoms. The number of rotatable bonds is 4. The first-order valence-corrected chi connectivity index (χ1v) is 5.89. The Morgan fingerprint density at radius 1 is 1.52 bits per heavy atom. The average molecular weight is 291 g/mol. The zero-order chi connectivity index (χ0) is 16.2. The molecule has 110 valence electrons. The van der Waals surface area contributed by atoms with Gasteiger partial charge in [0.05, 0.1) is 4.92 Å². The number of phenolic OH excluding ortho intramolecular Hbond substituents is 2. The zero-order valence-corrected chi connectivity index (χ0v) is 11.4. The SMILES string of the molecule is CCN(C)C(=O)C(C#N)=Cc1cc(O)c(O)c([N+](=O)[O-])c1. The normalized spacial score (nSPS) is 10.8. The molecule has 8 heteroatoms. The van der Waals surface area contributed by atoms with Crippen molar-refractivity contribution in [1.82, 2.24) is 4.90 Å². The molecule has 0 fully saturated rings. The third-order valence-corrected chi connectivity index (χ3v) is 2.77. The predicted octanol–water partition coefficient (Wildman–Crippen LogP) is 1.39. The van der Waals surface area contributed by atoms with E-state index in [0.717, 1.165) is 18.2 Å². The van der Waals surface area contributed by atoms with E-state index in [0.29, 0.717) is 6.54 Å². The molecule has 1 rings (SSSR count). The molecule has 0 bridgehead atoms. The highest BCUT2D eigenvalue weighted by molar-refractivity contribution is 6.01. The Morgan fingerprint density at radius 2 is 2.14 bits per heavy atom. The van der Waals surface area contributed by atoms with Crippen LogP contribution in [-0.2, 0) is 4.79 Å². The summed E-state index contributed by atoms with van der Waals surface area (Å²) in [5, 5.41) is 38.6. The minimum atomic E-state index is -0.877. The number of benzene rings is 1. The lowest BCUT2D eigenvalue weighted by atomic mass is 10.1. The number of likely N-dealkylation sites (N-methyl/N-ethyl adjacent to an activating group) is 1. The molecule has 1 amide bonds. The molecule has 8 nitrogen and oxygen atoms in total. The van der Waals surface area contributed by atoms with E-state index in [1.807, 2.05) is 0 Å². The van der Waals surface area contributed by atoms with Crippen LogP contribution in [0.25, 0.3) is 6.08 Å². The lowest BCUT2D eigenvalue weighted by Crippen LogP contribution is -2.27. The molecule has 0 unspecified atom stereocenters. The quantitative estimate of drug-likeness (QED) is 0.283. The molecule has 0 heterocycles. The molecule has 0 aliphatic carbocycles. The van der Waals surface area contributed by atoms with E-state index in [4.69, 9.17) is 5.26 Å². The molecule has 2 N–H and O–H groups in total. The molecular formula is C13H13N3O5. The van der Waals surface area contributed by atoms with Gasteiger partial charge in [0, 0.05) is 19.7 Å². The summed E-state index contributed by atoms with van der Waals surface area (Å²) >= 11 is 0. The van der Waals surface area contributed by atoms with Crippen LogP contribution < -0.4 is 0 Å². The van der Waals surface area contributed by atoms with Crippen LogP contribution in [0.4, 0.5) is 5.69 Å². The van der Waals surface area contributed by atoms with Gasteiger partial charge in [-0.1, -0.05) is 0 Å². The van der Waals surface area contributed by atoms with E-state index < -0.39 is 28.0 Å². The van der Waals surface area contributed by atoms with Gasteiger partial charge in [-0.05, 0) is 24.6 Å². The van der Waals surface area contributed by atoms with Crippen molar-refractivity contribution in [2.75, 3.05) is 13.6 Å². The third-order valence-electron chi connectivity index (χ3n) is 2.77. The summed E-state index contributed by atoms with van der Waals surface area (Å²) in [6.45, 7) is 2.11. The summed E-state index contributed by atoms with van der Waals surface area (Å²) in [7, 11) is 1.50. The summed E-state index contributed by atoms with van der Waals surface area (Å²) in [6.07, 6.45) is 1.11. The number of hydrogen-bond donors (Lipinski definition) is 2. The number of carbonyl (C=O) groups excluding carboxylic acids is 1. The fraction of sp³-hybridized carbons (Fsp3) is 0.231. The number of nitro groups is 1. The van der Waals surface area contributed by atoms with E-state index in [2.05, 4.69) is 0 Å². The molecule has 21 heavy (non-hydrogen) atoms. The Bertz CT molecular complexity index is 661. The summed E-state index contributed by atoms with van der Waals surface area (Å²) in [6, 6.07) is 3.69. The largest absolute Gasteiger partial charge is 0.504 e. The van der Waals surface area contributed by atoms with Crippen molar-refractivity contribution in [2.24, 2.45) is 0 Å². The monoisotopic (exact) mass is 291 g/mol. The van der Waals surface area contributed by atoms with E-state index in [9.17, 15) is 25.1 Å². The second kappa shape index (κ2) is 6.38. The van der Waals surface area contributed by atoms with Gasteiger partial charge in [-0.2, -0.15) is 5.26 Å². The van der Waals surface area contributed by atoms with Crippen LogP contribution in [-0.4, -0.2) is 39.5 Å². The second-order valence-electron chi connectivity index (χ2n) is 4.15. The predicted molar refractivity (Wildman–Crippen MR) is 73.3 cm³/mol. The van der Waals surface area contributed by atoms with Gasteiger partial charge in [0.1, 0.15) is 11.6 Å². The molecule has 0 aromatic heterocycles. The number of nitro benzene ring substituents is 1. The van der Waals surface area contributed by atoms with Crippen molar-refractivity contribution >= 4 is 17.7 Å². The van der Waals surface area contributed by atoms with Gasteiger partial charge >= 0.3 is 5.69 Å². The van der Waals surface area contributed by atoms with Crippen molar-refractivity contribution in [3.05, 3.63) is 33.4 Å². The Labute approximate surface area is 120 Å². The molecule has 0 aliphatic rings. The Hall–Kier alpha value is -3.08. The summed E-state index contributed by atoms with van der Waals surface area (Å²) in [4.78, 5) is 23.0. The van der Waals surface area contributed by atoms with Crippen LogP contribution in [0.1, 0.15) is 12.5 Å². The van der Waals surface area contributed by atoms with Gasteiger partial charge < -0.3 is 15.1 Å². The van der Waals surface area contributed by atoms with E-state index >= 15 is 0 Å². The first-order valence-electron chi connectivity index (χ1n) is 5.89. The van der Waals surface area contributed by atoms with Crippen LogP contribution in [0.5, 0.6) is 11.5 Å². The molecule has 1 aromatic rings. The molecule has 0 atom stereocenters. The number of carbonyl (C=O) groups is 1. The first-order chi connectivity index (χ1) is 9.81. The van der Waals surface area contributed by atoms with Crippen molar-refractivity contribution in [3.8, 4) is 17.6 Å². The number of amides is 1. The van der Waals surface area contributed by atoms with Crippen LogP contribution >= 0.6 is 0 Å². The number of phenols is 2. The van der Waals surface area contributed by atoms with Crippen molar-refractivity contribution in [1.29, 1.82) is 5.26 Å². The lowest BCUT2D eigenvalue weighted by Gasteiger charge is -2.13. The van der Waals surface area contributed by atoms with Crippen LogP contribution in [0.3, 0.4) is 0 Å². The molecule has 0 saturated carbocycles. The minimum Gasteiger partial charge on any atom is -0.504 e. The van der Waals surface area contributed by atoms with E-state index in [1.165, 1.54) is 11.9 Å².